The van der Waals surface area contributed by atoms with Crippen LogP contribution in [0.25, 0.3) is 0 Å². The first kappa shape index (κ1) is 33.6. The molecule has 1 aromatic rings. The van der Waals surface area contributed by atoms with Gasteiger partial charge in [-0.2, -0.15) is 0 Å². The number of carbonyl (C=O) groups excluding carboxylic acids is 1. The highest BCUT2D eigenvalue weighted by Gasteiger charge is 2.00. The molecular weight excluding hydrogens is 421 g/mol. The van der Waals surface area contributed by atoms with Gasteiger partial charge >= 0.3 is 0 Å². The van der Waals surface area contributed by atoms with Crippen LogP contribution in [-0.2, 0) is 11.2 Å². The van der Waals surface area contributed by atoms with E-state index in [-0.39, 0.29) is 11.6 Å². The van der Waals surface area contributed by atoms with Crippen LogP contribution < -0.4 is 0 Å². The smallest absolute Gasteiger partial charge is 0.126 e. The molecule has 190 valence electrons. The van der Waals surface area contributed by atoms with E-state index in [0.717, 1.165) is 30.0 Å². The van der Waals surface area contributed by atoms with E-state index in [1.165, 1.54) is 50.7 Å². The molecule has 34 heavy (non-hydrogen) atoms. The number of halogens is 1. The summed E-state index contributed by atoms with van der Waals surface area (Å²) in [5.41, 5.74) is 4.70. The molecule has 1 aromatic carbocycles. The number of hydrogen-bond donors (Lipinski definition) is 0. The van der Waals surface area contributed by atoms with Gasteiger partial charge < -0.3 is 4.79 Å². The highest BCUT2D eigenvalue weighted by Crippen LogP contribution is 2.15. The minimum absolute atomic E-state index is 0.124. The molecular formula is C31H48FNO. The molecule has 0 fully saturated rings. The number of rotatable bonds is 6. The minimum atomic E-state index is -0.124. The summed E-state index contributed by atoms with van der Waals surface area (Å²) in [4.78, 5) is 13.7. The van der Waals surface area contributed by atoms with Gasteiger partial charge in [-0.3, -0.25) is 4.99 Å². The molecule has 0 bridgehead atoms. The molecule has 1 aliphatic heterocycles. The van der Waals surface area contributed by atoms with Crippen molar-refractivity contribution >= 4 is 12.0 Å². The van der Waals surface area contributed by atoms with Crippen molar-refractivity contribution in [3.8, 4) is 0 Å². The van der Waals surface area contributed by atoms with Crippen LogP contribution in [0.3, 0.4) is 0 Å². The van der Waals surface area contributed by atoms with Crippen molar-refractivity contribution in [2.75, 3.05) is 0 Å². The Balaban J connectivity index is 0. The van der Waals surface area contributed by atoms with Crippen LogP contribution in [0, 0.1) is 18.7 Å². The van der Waals surface area contributed by atoms with Gasteiger partial charge in [0.15, 0.2) is 0 Å². The standard InChI is InChI=1S/C15H23F.C10H13N.C3H6O.C3H6/c1-12(2)7-5-4-6-8-14-9-10-15(16)11-13(14)3;1-9-6-4-3-5-7-11-10(2)8-9;1-3(2)4;1-3-2/h9-12H,4-8H2,1-3H3;3-4,6-8H,5H2,1-2H3;1-2H3;3H,1H2,2H3/b;4-3-,9-6+,10-8-,11-7?;;. The Hall–Kier alpha value is -2.55. The lowest BCUT2D eigenvalue weighted by Gasteiger charge is -2.07. The third-order valence-corrected chi connectivity index (χ3v) is 4.50. The van der Waals surface area contributed by atoms with Crippen LogP contribution in [0.4, 0.5) is 4.39 Å². The quantitative estimate of drug-likeness (QED) is 0.301. The lowest BCUT2D eigenvalue weighted by molar-refractivity contribution is -0.114. The Labute approximate surface area is 209 Å². The Bertz CT molecular complexity index is 809. The number of hydrogen-bond acceptors (Lipinski definition) is 2. The molecule has 2 nitrogen and oxygen atoms in total. The molecule has 0 N–H and O–H groups in total. The van der Waals surface area contributed by atoms with Crippen LogP contribution in [0.2, 0.25) is 0 Å². The lowest BCUT2D eigenvalue weighted by Crippen LogP contribution is -1.92. The SMILES string of the molecule is C/C1=C/C(C)=C/C=C\CC=N1.C=CC.CC(C)=O.Cc1cc(F)ccc1CCCCCC(C)C. The zero-order chi connectivity index (χ0) is 26.4. The van der Waals surface area contributed by atoms with Gasteiger partial charge in [-0.05, 0) is 95.2 Å². The molecule has 3 heteroatoms. The Kier molecular flexibility index (Phi) is 22.0. The topological polar surface area (TPSA) is 29.4 Å². The summed E-state index contributed by atoms with van der Waals surface area (Å²) in [6.07, 6.45) is 19.2. The molecule has 0 aliphatic carbocycles. The van der Waals surface area contributed by atoms with Crippen LogP contribution in [0.5, 0.6) is 0 Å². The van der Waals surface area contributed by atoms with Gasteiger partial charge in [0, 0.05) is 18.3 Å². The van der Waals surface area contributed by atoms with Crippen molar-refractivity contribution in [2.45, 2.75) is 93.9 Å². The maximum atomic E-state index is 12.9. The summed E-state index contributed by atoms with van der Waals surface area (Å²) < 4.78 is 12.9. The van der Waals surface area contributed by atoms with Gasteiger partial charge in [0.1, 0.15) is 11.6 Å². The lowest BCUT2D eigenvalue weighted by atomic mass is 10.00. The number of aliphatic imine (C=N–C) groups is 1. The number of ketones is 1. The maximum absolute atomic E-state index is 12.9. The predicted octanol–water partition coefficient (Wildman–Crippen LogP) is 9.55. The summed E-state index contributed by atoms with van der Waals surface area (Å²) in [5, 5.41) is 0. The van der Waals surface area contributed by atoms with E-state index in [1.54, 1.807) is 18.2 Å². The zero-order valence-electron chi connectivity index (χ0n) is 23.0. The van der Waals surface area contributed by atoms with Crippen LogP contribution in [0.1, 0.15) is 91.7 Å². The molecule has 1 aliphatic rings. The highest BCUT2D eigenvalue weighted by molar-refractivity contribution is 5.72. The fraction of sp³-hybridized carbons (Fsp3) is 0.484. The first-order valence-corrected chi connectivity index (χ1v) is 12.4. The number of allylic oxidation sites excluding steroid dienone is 7. The molecule has 1 heterocycles. The van der Waals surface area contributed by atoms with Gasteiger partial charge in [-0.1, -0.05) is 63.5 Å². The van der Waals surface area contributed by atoms with Gasteiger partial charge in [0.25, 0.3) is 0 Å². The summed E-state index contributed by atoms with van der Waals surface area (Å²) >= 11 is 0. The van der Waals surface area contributed by atoms with Gasteiger partial charge in [-0.25, -0.2) is 4.39 Å². The third-order valence-electron chi connectivity index (χ3n) is 4.50. The number of benzene rings is 1. The van der Waals surface area contributed by atoms with E-state index in [4.69, 9.17) is 0 Å². The van der Waals surface area contributed by atoms with E-state index >= 15 is 0 Å². The van der Waals surface area contributed by atoms with Crippen molar-refractivity contribution in [1.82, 2.24) is 0 Å². The van der Waals surface area contributed by atoms with E-state index in [0.29, 0.717) is 0 Å². The molecule has 0 aromatic heterocycles. The second-order valence-corrected chi connectivity index (χ2v) is 9.05. The van der Waals surface area contributed by atoms with Crippen LogP contribution in [-0.4, -0.2) is 12.0 Å². The fourth-order valence-corrected chi connectivity index (χ4v) is 2.96. The first-order valence-electron chi connectivity index (χ1n) is 12.4. The number of Topliss-reactive ketones (excluding diaryl/α,β-unsaturated/α-hetero) is 1. The van der Waals surface area contributed by atoms with Crippen molar-refractivity contribution < 1.29 is 9.18 Å². The fourth-order valence-electron chi connectivity index (χ4n) is 2.96. The summed E-state index contributed by atoms with van der Waals surface area (Å²) in [7, 11) is 0. The first-order chi connectivity index (χ1) is 16.0. The van der Waals surface area contributed by atoms with Crippen LogP contribution in [0.15, 0.2) is 71.4 Å². The molecule has 2 rings (SSSR count). The summed E-state index contributed by atoms with van der Waals surface area (Å²) in [5.74, 6) is 0.855. The molecule has 0 saturated carbocycles. The van der Waals surface area contributed by atoms with Crippen LogP contribution >= 0.6 is 0 Å². The Morgan fingerprint density at radius 2 is 1.76 bits per heavy atom. The van der Waals surface area contributed by atoms with E-state index < -0.39 is 0 Å². The number of unbranched alkanes of at least 4 members (excludes halogenated alkanes) is 2. The summed E-state index contributed by atoms with van der Waals surface area (Å²) in [6.45, 7) is 18.9. The highest BCUT2D eigenvalue weighted by atomic mass is 19.1. The maximum Gasteiger partial charge on any atom is 0.126 e. The Morgan fingerprint density at radius 3 is 2.32 bits per heavy atom. The number of nitrogens with zero attached hydrogens (tertiary/aromatic N) is 1. The predicted molar refractivity (Wildman–Crippen MR) is 150 cm³/mol. The Morgan fingerprint density at radius 1 is 1.15 bits per heavy atom. The largest absolute Gasteiger partial charge is 0.300 e. The molecule has 0 atom stereocenters. The van der Waals surface area contributed by atoms with Crippen molar-refractivity contribution in [1.29, 1.82) is 0 Å². The van der Waals surface area contributed by atoms with Crippen molar-refractivity contribution in [3.63, 3.8) is 0 Å². The van der Waals surface area contributed by atoms with E-state index in [1.807, 2.05) is 33.1 Å². The molecule has 0 spiro atoms. The molecule has 0 saturated heterocycles. The third kappa shape index (κ3) is 24.1. The molecule has 0 amide bonds. The van der Waals surface area contributed by atoms with E-state index in [2.05, 4.69) is 56.6 Å². The second kappa shape index (κ2) is 22.3. The average Bonchev–Trinajstić information content (AvgIpc) is 2.81. The average molecular weight is 470 g/mol. The minimum Gasteiger partial charge on any atom is -0.300 e. The second-order valence-electron chi connectivity index (χ2n) is 9.05. The molecule has 0 radical (unpaired) electrons. The van der Waals surface area contributed by atoms with Crippen molar-refractivity contribution in [2.24, 2.45) is 10.9 Å². The normalized spacial score (nSPS) is 16.2. The summed E-state index contributed by atoms with van der Waals surface area (Å²) in [6, 6.07) is 5.12. The van der Waals surface area contributed by atoms with E-state index in [9.17, 15) is 9.18 Å². The zero-order valence-corrected chi connectivity index (χ0v) is 23.0. The van der Waals surface area contributed by atoms with Crippen molar-refractivity contribution in [3.05, 3.63) is 83.4 Å². The van der Waals surface area contributed by atoms with Gasteiger partial charge in [0.2, 0.25) is 0 Å². The number of aryl methyl sites for hydroxylation is 2. The monoisotopic (exact) mass is 469 g/mol. The number of carbonyl (C=O) groups is 1. The molecule has 0 unspecified atom stereocenters. The van der Waals surface area contributed by atoms with Gasteiger partial charge in [0.05, 0.1) is 0 Å². The van der Waals surface area contributed by atoms with Gasteiger partial charge in [-0.15, -0.1) is 6.58 Å².